The van der Waals surface area contributed by atoms with Gasteiger partial charge in [0.05, 0.1) is 16.7 Å². The first-order valence-electron chi connectivity index (χ1n) is 5.88. The maximum Gasteiger partial charge on any atom is 0.150 e. The summed E-state index contributed by atoms with van der Waals surface area (Å²) in [5, 5.41) is 10.4. The number of hydrogen-bond acceptors (Lipinski definition) is 3. The molecule has 3 aromatic rings. The third-order valence-electron chi connectivity index (χ3n) is 3.01. The van der Waals surface area contributed by atoms with Crippen molar-refractivity contribution < 1.29 is 5.11 Å². The number of rotatable bonds is 1. The summed E-state index contributed by atoms with van der Waals surface area (Å²) in [4.78, 5) is 8.80. The monoisotopic (exact) mass is 270 g/mol. The molecule has 0 saturated carbocycles. The van der Waals surface area contributed by atoms with E-state index < -0.39 is 0 Å². The lowest BCUT2D eigenvalue weighted by Gasteiger charge is -2.08. The van der Waals surface area contributed by atoms with E-state index in [1.165, 1.54) is 0 Å². The van der Waals surface area contributed by atoms with Crippen LogP contribution in [0.15, 0.2) is 42.5 Å². The normalized spacial score (nSPS) is 10.8. The quantitative estimate of drug-likeness (QED) is 0.728. The van der Waals surface area contributed by atoms with E-state index in [9.17, 15) is 5.11 Å². The van der Waals surface area contributed by atoms with Gasteiger partial charge < -0.3 is 5.11 Å². The molecule has 2 aromatic carbocycles. The third kappa shape index (κ3) is 2.02. The van der Waals surface area contributed by atoms with E-state index in [1.54, 1.807) is 12.1 Å². The Hall–Kier alpha value is -2.13. The van der Waals surface area contributed by atoms with Crippen LogP contribution in [0.1, 0.15) is 5.69 Å². The molecule has 0 unspecified atom stereocenters. The van der Waals surface area contributed by atoms with Crippen LogP contribution in [-0.2, 0) is 0 Å². The molecular formula is C15H11ClN2O. The number of benzene rings is 2. The zero-order chi connectivity index (χ0) is 13.4. The Morgan fingerprint density at radius 1 is 0.947 bits per heavy atom. The van der Waals surface area contributed by atoms with E-state index >= 15 is 0 Å². The predicted octanol–water partition coefficient (Wildman–Crippen LogP) is 3.96. The summed E-state index contributed by atoms with van der Waals surface area (Å²) in [5.74, 6) is 0.216. The Labute approximate surface area is 115 Å². The Balaban J connectivity index is 2.36. The molecule has 0 fully saturated rings. The topological polar surface area (TPSA) is 46.0 Å². The van der Waals surface area contributed by atoms with E-state index in [0.717, 1.165) is 16.6 Å². The number of phenols is 1. The van der Waals surface area contributed by atoms with Gasteiger partial charge in [-0.1, -0.05) is 41.9 Å². The lowest BCUT2D eigenvalue weighted by molar-refractivity contribution is 0.477. The number of nitrogens with zero attached hydrogens (tertiary/aromatic N) is 2. The van der Waals surface area contributed by atoms with Crippen LogP contribution in [0.5, 0.6) is 5.75 Å². The summed E-state index contributed by atoms with van der Waals surface area (Å²) in [5.41, 5.74) is 3.71. The van der Waals surface area contributed by atoms with Crippen LogP contribution < -0.4 is 0 Å². The van der Waals surface area contributed by atoms with Gasteiger partial charge in [0.25, 0.3) is 0 Å². The molecule has 0 saturated heterocycles. The molecule has 0 spiro atoms. The van der Waals surface area contributed by atoms with Gasteiger partial charge in [0, 0.05) is 11.1 Å². The first-order valence-corrected chi connectivity index (χ1v) is 6.26. The van der Waals surface area contributed by atoms with Crippen molar-refractivity contribution in [2.45, 2.75) is 6.92 Å². The van der Waals surface area contributed by atoms with E-state index in [1.807, 2.05) is 37.3 Å². The van der Waals surface area contributed by atoms with E-state index in [0.29, 0.717) is 16.4 Å². The summed E-state index contributed by atoms with van der Waals surface area (Å²) in [6.07, 6.45) is 0. The Morgan fingerprint density at radius 2 is 1.68 bits per heavy atom. The molecule has 19 heavy (non-hydrogen) atoms. The van der Waals surface area contributed by atoms with Crippen LogP contribution in [0.3, 0.4) is 0 Å². The van der Waals surface area contributed by atoms with Crippen LogP contribution in [-0.4, -0.2) is 15.1 Å². The fourth-order valence-electron chi connectivity index (χ4n) is 2.06. The third-order valence-corrected chi connectivity index (χ3v) is 3.36. The van der Waals surface area contributed by atoms with Crippen molar-refractivity contribution >= 4 is 22.6 Å². The first kappa shape index (κ1) is 11.9. The zero-order valence-corrected chi connectivity index (χ0v) is 11.0. The fourth-order valence-corrected chi connectivity index (χ4v) is 2.19. The van der Waals surface area contributed by atoms with Gasteiger partial charge in [-0.3, -0.25) is 0 Å². The van der Waals surface area contributed by atoms with Gasteiger partial charge in [0.1, 0.15) is 5.75 Å². The molecule has 3 rings (SSSR count). The number of aromatic hydroxyl groups is 1. The Morgan fingerprint density at radius 3 is 2.47 bits per heavy atom. The second kappa shape index (κ2) is 4.52. The molecule has 1 aromatic heterocycles. The number of fused-ring (bicyclic) bond motifs is 1. The van der Waals surface area contributed by atoms with Crippen molar-refractivity contribution in [2.75, 3.05) is 0 Å². The van der Waals surface area contributed by atoms with Crippen molar-refractivity contribution in [1.29, 1.82) is 0 Å². The largest absolute Gasteiger partial charge is 0.507 e. The van der Waals surface area contributed by atoms with Gasteiger partial charge in [-0.25, -0.2) is 9.97 Å². The van der Waals surface area contributed by atoms with Crippen molar-refractivity contribution in [3.05, 3.63) is 53.3 Å². The zero-order valence-electron chi connectivity index (χ0n) is 10.3. The van der Waals surface area contributed by atoms with Gasteiger partial charge in [0.15, 0.2) is 5.15 Å². The van der Waals surface area contributed by atoms with Crippen molar-refractivity contribution in [2.24, 2.45) is 0 Å². The molecule has 1 heterocycles. The van der Waals surface area contributed by atoms with Gasteiger partial charge >= 0.3 is 0 Å². The molecule has 0 aliphatic rings. The summed E-state index contributed by atoms with van der Waals surface area (Å²) in [6, 6.07) is 12.8. The minimum atomic E-state index is 0.216. The van der Waals surface area contributed by atoms with Crippen molar-refractivity contribution in [3.8, 4) is 16.9 Å². The highest BCUT2D eigenvalue weighted by molar-refractivity contribution is 6.30. The average Bonchev–Trinajstić information content (AvgIpc) is 2.40. The standard InChI is InChI=1S/C15H11ClN2O/c1-9-15(16)18-14-11(6-4-7-12(14)17-9)10-5-2-3-8-13(10)19/h2-8,19H,1H3. The smallest absolute Gasteiger partial charge is 0.150 e. The number of aromatic nitrogens is 2. The van der Waals surface area contributed by atoms with Crippen LogP contribution >= 0.6 is 11.6 Å². The molecule has 1 N–H and O–H groups in total. The summed E-state index contributed by atoms with van der Waals surface area (Å²) >= 11 is 6.05. The number of hydrogen-bond donors (Lipinski definition) is 1. The number of para-hydroxylation sites is 2. The van der Waals surface area contributed by atoms with Gasteiger partial charge in [0.2, 0.25) is 0 Å². The first-order chi connectivity index (χ1) is 9.16. The minimum absolute atomic E-state index is 0.216. The summed E-state index contributed by atoms with van der Waals surface area (Å²) in [6.45, 7) is 1.82. The lowest BCUT2D eigenvalue weighted by Crippen LogP contribution is -1.92. The molecular weight excluding hydrogens is 260 g/mol. The molecule has 0 amide bonds. The van der Waals surface area contributed by atoms with Gasteiger partial charge in [-0.2, -0.15) is 0 Å². The second-order valence-corrected chi connectivity index (χ2v) is 4.65. The molecule has 0 bridgehead atoms. The molecule has 3 nitrogen and oxygen atoms in total. The van der Waals surface area contributed by atoms with Gasteiger partial charge in [-0.05, 0) is 19.1 Å². The number of aryl methyl sites for hydroxylation is 1. The van der Waals surface area contributed by atoms with Gasteiger partial charge in [-0.15, -0.1) is 0 Å². The second-order valence-electron chi connectivity index (χ2n) is 4.29. The van der Waals surface area contributed by atoms with Crippen molar-refractivity contribution in [1.82, 2.24) is 9.97 Å². The number of phenolic OH excluding ortho intramolecular Hbond substituents is 1. The van der Waals surface area contributed by atoms with Crippen LogP contribution in [0.4, 0.5) is 0 Å². The van der Waals surface area contributed by atoms with Crippen LogP contribution in [0.25, 0.3) is 22.2 Å². The van der Waals surface area contributed by atoms with E-state index in [4.69, 9.17) is 11.6 Å². The summed E-state index contributed by atoms with van der Waals surface area (Å²) in [7, 11) is 0. The molecule has 0 atom stereocenters. The average molecular weight is 271 g/mol. The molecule has 4 heteroatoms. The highest BCUT2D eigenvalue weighted by Gasteiger charge is 2.11. The van der Waals surface area contributed by atoms with E-state index in [2.05, 4.69) is 9.97 Å². The SMILES string of the molecule is Cc1nc2cccc(-c3ccccc3O)c2nc1Cl. The molecule has 94 valence electrons. The highest BCUT2D eigenvalue weighted by atomic mass is 35.5. The predicted molar refractivity (Wildman–Crippen MR) is 76.4 cm³/mol. The van der Waals surface area contributed by atoms with Crippen LogP contribution in [0, 0.1) is 6.92 Å². The molecule has 0 aliphatic carbocycles. The van der Waals surface area contributed by atoms with Crippen LogP contribution in [0.2, 0.25) is 5.15 Å². The Bertz CT molecular complexity index is 771. The van der Waals surface area contributed by atoms with E-state index in [-0.39, 0.29) is 5.75 Å². The Kier molecular flexibility index (Phi) is 2.84. The maximum atomic E-state index is 9.97. The molecule has 0 radical (unpaired) electrons. The fraction of sp³-hybridized carbons (Fsp3) is 0.0667. The number of halogens is 1. The maximum absolute atomic E-state index is 9.97. The lowest BCUT2D eigenvalue weighted by atomic mass is 10.0. The summed E-state index contributed by atoms with van der Waals surface area (Å²) < 4.78 is 0. The highest BCUT2D eigenvalue weighted by Crippen LogP contribution is 2.33. The molecule has 0 aliphatic heterocycles. The van der Waals surface area contributed by atoms with Crippen molar-refractivity contribution in [3.63, 3.8) is 0 Å². The minimum Gasteiger partial charge on any atom is -0.507 e.